The molecule has 0 saturated carbocycles. The van der Waals surface area contributed by atoms with E-state index in [9.17, 15) is 9.59 Å². The summed E-state index contributed by atoms with van der Waals surface area (Å²) in [5.41, 5.74) is 0.529. The van der Waals surface area contributed by atoms with Gasteiger partial charge >= 0.3 is 5.97 Å². The van der Waals surface area contributed by atoms with Crippen molar-refractivity contribution in [2.45, 2.75) is 20.0 Å². The van der Waals surface area contributed by atoms with Crippen LogP contribution in [0.1, 0.15) is 23.5 Å². The summed E-state index contributed by atoms with van der Waals surface area (Å²) in [7, 11) is 0. The normalized spacial score (nSPS) is 11.6. The SMILES string of the molecule is CCOc1ccccc1NC(=O)C(C)OC(=O)c1ccc(Cl)s1. The largest absolute Gasteiger partial charge is 0.492 e. The minimum Gasteiger partial charge on any atom is -0.492 e. The number of amides is 1. The number of para-hydroxylation sites is 2. The molecule has 0 saturated heterocycles. The van der Waals surface area contributed by atoms with E-state index in [1.165, 1.54) is 6.92 Å². The van der Waals surface area contributed by atoms with Crippen molar-refractivity contribution < 1.29 is 19.1 Å². The van der Waals surface area contributed by atoms with Crippen LogP contribution in [-0.2, 0) is 9.53 Å². The number of hydrogen-bond acceptors (Lipinski definition) is 5. The molecule has 122 valence electrons. The first kappa shape index (κ1) is 17.3. The van der Waals surface area contributed by atoms with Gasteiger partial charge in [-0.2, -0.15) is 0 Å². The molecule has 1 aromatic heterocycles. The van der Waals surface area contributed by atoms with Gasteiger partial charge in [-0.15, -0.1) is 11.3 Å². The van der Waals surface area contributed by atoms with Crippen LogP contribution in [0.4, 0.5) is 5.69 Å². The van der Waals surface area contributed by atoms with Crippen LogP contribution in [0.5, 0.6) is 5.75 Å². The first-order valence-electron chi connectivity index (χ1n) is 7.00. The Morgan fingerprint density at radius 1 is 1.26 bits per heavy atom. The Balaban J connectivity index is 1.99. The highest BCUT2D eigenvalue weighted by atomic mass is 35.5. The van der Waals surface area contributed by atoms with Crippen molar-refractivity contribution in [3.05, 3.63) is 45.6 Å². The second kappa shape index (κ2) is 7.99. The molecule has 5 nitrogen and oxygen atoms in total. The fourth-order valence-corrected chi connectivity index (χ4v) is 2.71. The van der Waals surface area contributed by atoms with Crippen molar-refractivity contribution in [3.8, 4) is 5.75 Å². The molecule has 1 unspecified atom stereocenters. The number of halogens is 1. The molecule has 2 rings (SSSR count). The molecule has 0 radical (unpaired) electrons. The number of thiophene rings is 1. The molecule has 0 spiro atoms. The van der Waals surface area contributed by atoms with E-state index in [2.05, 4.69) is 5.32 Å². The molecule has 0 bridgehead atoms. The number of benzene rings is 1. The Hall–Kier alpha value is -2.05. The maximum absolute atomic E-state index is 12.2. The standard InChI is InChI=1S/C16H16ClNO4S/c1-3-21-12-7-5-4-6-11(12)18-15(19)10(2)22-16(20)13-8-9-14(17)23-13/h4-10H,3H2,1-2H3,(H,18,19). The molecule has 0 aliphatic carbocycles. The first-order chi connectivity index (χ1) is 11.0. The van der Waals surface area contributed by atoms with Crippen molar-refractivity contribution in [3.63, 3.8) is 0 Å². The summed E-state index contributed by atoms with van der Waals surface area (Å²) < 4.78 is 11.1. The average Bonchev–Trinajstić information content (AvgIpc) is 2.96. The van der Waals surface area contributed by atoms with Gasteiger partial charge in [-0.1, -0.05) is 23.7 Å². The van der Waals surface area contributed by atoms with Crippen LogP contribution in [0.15, 0.2) is 36.4 Å². The number of carbonyl (C=O) groups is 2. The topological polar surface area (TPSA) is 64.6 Å². The van der Waals surface area contributed by atoms with Crippen molar-refractivity contribution in [1.82, 2.24) is 0 Å². The molecule has 1 heterocycles. The summed E-state index contributed by atoms with van der Waals surface area (Å²) in [4.78, 5) is 24.4. The minimum atomic E-state index is -0.946. The highest BCUT2D eigenvalue weighted by molar-refractivity contribution is 7.17. The van der Waals surface area contributed by atoms with Gasteiger partial charge in [0.25, 0.3) is 5.91 Å². The smallest absolute Gasteiger partial charge is 0.349 e. The fourth-order valence-electron chi connectivity index (χ4n) is 1.78. The van der Waals surface area contributed by atoms with Crippen LogP contribution in [0.2, 0.25) is 4.34 Å². The van der Waals surface area contributed by atoms with Crippen molar-refractivity contribution in [1.29, 1.82) is 0 Å². The molecule has 1 atom stereocenters. The third-order valence-corrected chi connectivity index (χ3v) is 4.08. The molecule has 2 aromatic rings. The van der Waals surface area contributed by atoms with E-state index in [1.807, 2.05) is 13.0 Å². The van der Waals surface area contributed by atoms with Crippen LogP contribution in [0.25, 0.3) is 0 Å². The van der Waals surface area contributed by atoms with Gasteiger partial charge in [0.1, 0.15) is 10.6 Å². The van der Waals surface area contributed by atoms with Gasteiger partial charge in [0.2, 0.25) is 0 Å². The molecule has 1 N–H and O–H groups in total. The van der Waals surface area contributed by atoms with Crippen LogP contribution in [0, 0.1) is 0 Å². The predicted octanol–water partition coefficient (Wildman–Crippen LogP) is 3.98. The van der Waals surface area contributed by atoms with Crippen LogP contribution in [-0.4, -0.2) is 24.6 Å². The van der Waals surface area contributed by atoms with Gasteiger partial charge in [-0.25, -0.2) is 4.79 Å². The summed E-state index contributed by atoms with van der Waals surface area (Å²) in [5, 5.41) is 2.69. The van der Waals surface area contributed by atoms with Gasteiger partial charge in [0.15, 0.2) is 6.10 Å². The van der Waals surface area contributed by atoms with Gasteiger partial charge < -0.3 is 14.8 Å². The third-order valence-electron chi connectivity index (χ3n) is 2.87. The lowest BCUT2D eigenvalue weighted by molar-refractivity contribution is -0.123. The maximum atomic E-state index is 12.2. The molecule has 0 fully saturated rings. The molecule has 7 heteroatoms. The Bertz CT molecular complexity index is 701. The quantitative estimate of drug-likeness (QED) is 0.798. The number of esters is 1. The molecule has 1 aromatic carbocycles. The second-order valence-corrected chi connectivity index (χ2v) is 6.28. The highest BCUT2D eigenvalue weighted by Gasteiger charge is 2.21. The van der Waals surface area contributed by atoms with E-state index in [-0.39, 0.29) is 0 Å². The van der Waals surface area contributed by atoms with E-state index in [0.717, 1.165) is 11.3 Å². The number of ether oxygens (including phenoxy) is 2. The maximum Gasteiger partial charge on any atom is 0.349 e. The van der Waals surface area contributed by atoms with Gasteiger partial charge in [0.05, 0.1) is 16.6 Å². The number of anilines is 1. The summed E-state index contributed by atoms with van der Waals surface area (Å²) in [5.74, 6) is -0.456. The predicted molar refractivity (Wildman–Crippen MR) is 90.4 cm³/mol. The third kappa shape index (κ3) is 4.71. The summed E-state index contributed by atoms with van der Waals surface area (Å²) in [6, 6.07) is 10.2. The lowest BCUT2D eigenvalue weighted by Crippen LogP contribution is -2.30. The first-order valence-corrected chi connectivity index (χ1v) is 8.19. The molecule has 23 heavy (non-hydrogen) atoms. The Labute approximate surface area is 143 Å². The van der Waals surface area contributed by atoms with E-state index in [0.29, 0.717) is 27.3 Å². The molecular formula is C16H16ClNO4S. The number of rotatable bonds is 6. The van der Waals surface area contributed by atoms with E-state index >= 15 is 0 Å². The zero-order chi connectivity index (χ0) is 16.8. The molecule has 0 aliphatic heterocycles. The van der Waals surface area contributed by atoms with Crippen LogP contribution >= 0.6 is 22.9 Å². The minimum absolute atomic E-state index is 0.351. The van der Waals surface area contributed by atoms with E-state index in [4.69, 9.17) is 21.1 Å². The number of carbonyl (C=O) groups excluding carboxylic acids is 2. The average molecular weight is 354 g/mol. The van der Waals surface area contributed by atoms with Crippen LogP contribution in [0.3, 0.4) is 0 Å². The zero-order valence-corrected chi connectivity index (χ0v) is 14.2. The van der Waals surface area contributed by atoms with Gasteiger partial charge in [-0.3, -0.25) is 4.79 Å². The molecule has 0 aliphatic rings. The van der Waals surface area contributed by atoms with Crippen molar-refractivity contribution >= 4 is 40.5 Å². The van der Waals surface area contributed by atoms with Crippen molar-refractivity contribution in [2.24, 2.45) is 0 Å². The summed E-state index contributed by atoms with van der Waals surface area (Å²) in [6.07, 6.45) is -0.946. The number of nitrogens with one attached hydrogen (secondary N) is 1. The van der Waals surface area contributed by atoms with Crippen LogP contribution < -0.4 is 10.1 Å². The highest BCUT2D eigenvalue weighted by Crippen LogP contribution is 2.25. The zero-order valence-electron chi connectivity index (χ0n) is 12.7. The Morgan fingerprint density at radius 3 is 2.65 bits per heavy atom. The Morgan fingerprint density at radius 2 is 2.00 bits per heavy atom. The van der Waals surface area contributed by atoms with E-state index < -0.39 is 18.0 Å². The monoisotopic (exact) mass is 353 g/mol. The summed E-state index contributed by atoms with van der Waals surface area (Å²) >= 11 is 6.88. The summed E-state index contributed by atoms with van der Waals surface area (Å²) in [6.45, 7) is 3.84. The van der Waals surface area contributed by atoms with Gasteiger partial charge in [0, 0.05) is 0 Å². The lowest BCUT2D eigenvalue weighted by Gasteiger charge is -2.15. The lowest BCUT2D eigenvalue weighted by atomic mass is 10.2. The second-order valence-electron chi connectivity index (χ2n) is 4.57. The Kier molecular flexibility index (Phi) is 6.01. The number of hydrogen-bond donors (Lipinski definition) is 1. The van der Waals surface area contributed by atoms with Gasteiger partial charge in [-0.05, 0) is 38.1 Å². The molecular weight excluding hydrogens is 338 g/mol. The van der Waals surface area contributed by atoms with Crippen molar-refractivity contribution in [2.75, 3.05) is 11.9 Å². The molecule has 1 amide bonds. The van der Waals surface area contributed by atoms with E-state index in [1.54, 1.807) is 30.3 Å². The fraction of sp³-hybridized carbons (Fsp3) is 0.250.